The number of thioether (sulfide) groups is 1. The van der Waals surface area contributed by atoms with E-state index >= 15 is 0 Å². The van der Waals surface area contributed by atoms with Gasteiger partial charge in [-0.15, -0.1) is 0 Å². The predicted molar refractivity (Wildman–Crippen MR) is 85.9 cm³/mol. The number of carbonyl (C=O) groups is 1. The van der Waals surface area contributed by atoms with Gasteiger partial charge in [0.25, 0.3) is 0 Å². The Morgan fingerprint density at radius 2 is 2.00 bits per heavy atom. The number of unbranched alkanes of at least 4 members (excludes halogenated alkanes) is 2. The van der Waals surface area contributed by atoms with E-state index in [1.165, 1.54) is 25.0 Å². The number of hydrogen-bond acceptors (Lipinski definition) is 3. The molecule has 0 atom stereocenters. The summed E-state index contributed by atoms with van der Waals surface area (Å²) >= 11 is 1.92. The molecule has 4 heteroatoms. The number of amides is 1. The summed E-state index contributed by atoms with van der Waals surface area (Å²) < 4.78 is 0. The van der Waals surface area contributed by atoms with Crippen LogP contribution in [-0.2, 0) is 4.79 Å². The van der Waals surface area contributed by atoms with E-state index in [1.54, 1.807) is 18.2 Å². The van der Waals surface area contributed by atoms with E-state index in [-0.39, 0.29) is 5.91 Å². The van der Waals surface area contributed by atoms with Crippen LogP contribution in [0.4, 0.5) is 5.69 Å². The summed E-state index contributed by atoms with van der Waals surface area (Å²) in [5, 5.41) is 11.7. The van der Waals surface area contributed by atoms with Gasteiger partial charge >= 0.3 is 0 Å². The van der Waals surface area contributed by atoms with Gasteiger partial charge in [0.2, 0.25) is 5.91 Å². The lowest BCUT2D eigenvalue weighted by Gasteiger charge is -2.06. The number of nitrogens with one attached hydrogen (secondary N) is 1. The molecule has 1 N–H and O–H groups in total. The summed E-state index contributed by atoms with van der Waals surface area (Å²) in [4.78, 5) is 11.8. The van der Waals surface area contributed by atoms with Crippen molar-refractivity contribution in [3.8, 4) is 6.07 Å². The molecule has 0 heterocycles. The Morgan fingerprint density at radius 1 is 1.25 bits per heavy atom. The van der Waals surface area contributed by atoms with E-state index in [0.717, 1.165) is 12.2 Å². The number of anilines is 1. The van der Waals surface area contributed by atoms with Gasteiger partial charge in [0.15, 0.2) is 0 Å². The fourth-order valence-electron chi connectivity index (χ4n) is 1.79. The molecule has 0 aromatic heterocycles. The summed E-state index contributed by atoms with van der Waals surface area (Å²) in [6, 6.07) is 9.16. The smallest absolute Gasteiger partial charge is 0.224 e. The topological polar surface area (TPSA) is 52.9 Å². The Morgan fingerprint density at radius 3 is 2.75 bits per heavy atom. The van der Waals surface area contributed by atoms with Gasteiger partial charge in [0.05, 0.1) is 11.3 Å². The van der Waals surface area contributed by atoms with Crippen molar-refractivity contribution in [2.45, 2.75) is 39.0 Å². The number of benzene rings is 1. The van der Waals surface area contributed by atoms with Crippen LogP contribution in [0.25, 0.3) is 0 Å². The van der Waals surface area contributed by atoms with Crippen LogP contribution in [-0.4, -0.2) is 17.4 Å². The number of carbonyl (C=O) groups excluding carboxylic acids is 1. The highest BCUT2D eigenvalue weighted by atomic mass is 32.2. The third-order valence-corrected chi connectivity index (χ3v) is 4.06. The molecule has 0 radical (unpaired) electrons. The molecule has 1 rings (SSSR count). The second kappa shape index (κ2) is 10.3. The SMILES string of the molecule is CCCCCSCCCC(=O)Nc1ccccc1C#N. The second-order valence-electron chi connectivity index (χ2n) is 4.63. The van der Waals surface area contributed by atoms with E-state index in [2.05, 4.69) is 18.3 Å². The van der Waals surface area contributed by atoms with Gasteiger partial charge in [-0.2, -0.15) is 17.0 Å². The molecule has 0 aliphatic rings. The minimum atomic E-state index is -0.0122. The van der Waals surface area contributed by atoms with Crippen molar-refractivity contribution in [3.63, 3.8) is 0 Å². The molecule has 108 valence electrons. The van der Waals surface area contributed by atoms with Gasteiger partial charge < -0.3 is 5.32 Å². The highest BCUT2D eigenvalue weighted by molar-refractivity contribution is 7.99. The lowest BCUT2D eigenvalue weighted by molar-refractivity contribution is -0.116. The number of rotatable bonds is 9. The number of nitrogens with zero attached hydrogens (tertiary/aromatic N) is 1. The predicted octanol–water partition coefficient (Wildman–Crippen LogP) is 4.20. The molecule has 0 spiro atoms. The Balaban J connectivity index is 2.19. The first-order valence-electron chi connectivity index (χ1n) is 7.14. The zero-order valence-electron chi connectivity index (χ0n) is 12.0. The lowest BCUT2D eigenvalue weighted by atomic mass is 10.2. The first kappa shape index (κ1) is 16.6. The van der Waals surface area contributed by atoms with E-state index in [4.69, 9.17) is 5.26 Å². The summed E-state index contributed by atoms with van der Waals surface area (Å²) in [6.07, 6.45) is 5.21. The molecule has 1 amide bonds. The molecule has 20 heavy (non-hydrogen) atoms. The summed E-state index contributed by atoms with van der Waals surface area (Å²) in [7, 11) is 0. The fraction of sp³-hybridized carbons (Fsp3) is 0.500. The van der Waals surface area contributed by atoms with Crippen LogP contribution < -0.4 is 5.32 Å². The van der Waals surface area contributed by atoms with Gasteiger partial charge in [-0.3, -0.25) is 4.79 Å². The molecule has 0 unspecified atom stereocenters. The number of hydrogen-bond donors (Lipinski definition) is 1. The zero-order valence-corrected chi connectivity index (χ0v) is 12.8. The van der Waals surface area contributed by atoms with Crippen molar-refractivity contribution in [1.82, 2.24) is 0 Å². The minimum absolute atomic E-state index is 0.0122. The quantitative estimate of drug-likeness (QED) is 0.693. The number of nitriles is 1. The summed E-state index contributed by atoms with van der Waals surface area (Å²) in [5.74, 6) is 2.20. The van der Waals surface area contributed by atoms with E-state index in [9.17, 15) is 4.79 Å². The second-order valence-corrected chi connectivity index (χ2v) is 5.85. The van der Waals surface area contributed by atoms with Crippen molar-refractivity contribution in [2.24, 2.45) is 0 Å². The van der Waals surface area contributed by atoms with E-state index in [1.807, 2.05) is 17.8 Å². The Bertz CT molecular complexity index is 454. The van der Waals surface area contributed by atoms with Crippen LogP contribution in [0.1, 0.15) is 44.6 Å². The van der Waals surface area contributed by atoms with Gasteiger partial charge in [-0.1, -0.05) is 31.9 Å². The van der Waals surface area contributed by atoms with Crippen molar-refractivity contribution < 1.29 is 4.79 Å². The van der Waals surface area contributed by atoms with Crippen LogP contribution in [0.2, 0.25) is 0 Å². The molecule has 1 aromatic rings. The van der Waals surface area contributed by atoms with Crippen LogP contribution in [0.15, 0.2) is 24.3 Å². The molecular formula is C16H22N2OS. The van der Waals surface area contributed by atoms with Gasteiger partial charge in [0, 0.05) is 6.42 Å². The standard InChI is InChI=1S/C16H22N2OS/c1-2-3-6-11-20-12-7-10-16(19)18-15-9-5-4-8-14(15)13-17/h4-5,8-9H,2-3,6-7,10-12H2,1H3,(H,18,19). The molecule has 0 saturated heterocycles. The third-order valence-electron chi connectivity index (χ3n) is 2.91. The molecule has 0 bridgehead atoms. The van der Waals surface area contributed by atoms with E-state index < -0.39 is 0 Å². The minimum Gasteiger partial charge on any atom is -0.325 e. The first-order valence-corrected chi connectivity index (χ1v) is 8.30. The monoisotopic (exact) mass is 290 g/mol. The van der Waals surface area contributed by atoms with Crippen LogP contribution in [0, 0.1) is 11.3 Å². The Kier molecular flexibility index (Phi) is 8.57. The number of para-hydroxylation sites is 1. The molecule has 0 aliphatic heterocycles. The first-order chi connectivity index (χ1) is 9.77. The highest BCUT2D eigenvalue weighted by Gasteiger charge is 2.05. The molecule has 0 saturated carbocycles. The van der Waals surface area contributed by atoms with Gasteiger partial charge in [0.1, 0.15) is 6.07 Å². The van der Waals surface area contributed by atoms with Crippen molar-refractivity contribution in [1.29, 1.82) is 5.26 Å². The zero-order chi connectivity index (χ0) is 14.6. The molecular weight excluding hydrogens is 268 g/mol. The average Bonchev–Trinajstić information content (AvgIpc) is 2.47. The maximum Gasteiger partial charge on any atom is 0.224 e. The highest BCUT2D eigenvalue weighted by Crippen LogP contribution is 2.14. The van der Waals surface area contributed by atoms with Crippen LogP contribution in [0.5, 0.6) is 0 Å². The third kappa shape index (κ3) is 6.63. The van der Waals surface area contributed by atoms with E-state index in [0.29, 0.717) is 17.7 Å². The van der Waals surface area contributed by atoms with Gasteiger partial charge in [-0.25, -0.2) is 0 Å². The van der Waals surface area contributed by atoms with Crippen molar-refractivity contribution in [2.75, 3.05) is 16.8 Å². The Labute approximate surface area is 125 Å². The van der Waals surface area contributed by atoms with Crippen molar-refractivity contribution >= 4 is 23.4 Å². The average molecular weight is 290 g/mol. The maximum absolute atomic E-state index is 11.8. The van der Waals surface area contributed by atoms with Crippen LogP contribution >= 0.6 is 11.8 Å². The van der Waals surface area contributed by atoms with Crippen LogP contribution in [0.3, 0.4) is 0 Å². The largest absolute Gasteiger partial charge is 0.325 e. The Hall–Kier alpha value is -1.47. The molecule has 3 nitrogen and oxygen atoms in total. The fourth-order valence-corrected chi connectivity index (χ4v) is 2.75. The summed E-state index contributed by atoms with van der Waals surface area (Å²) in [6.45, 7) is 2.20. The normalized spacial score (nSPS) is 10.0. The molecule has 0 fully saturated rings. The molecule has 1 aromatic carbocycles. The molecule has 0 aliphatic carbocycles. The van der Waals surface area contributed by atoms with Crippen molar-refractivity contribution in [3.05, 3.63) is 29.8 Å². The maximum atomic E-state index is 11.8. The lowest BCUT2D eigenvalue weighted by Crippen LogP contribution is -2.12. The van der Waals surface area contributed by atoms with Gasteiger partial charge in [-0.05, 0) is 36.5 Å². The summed E-state index contributed by atoms with van der Waals surface area (Å²) in [5.41, 5.74) is 1.12.